The van der Waals surface area contributed by atoms with Crippen molar-refractivity contribution in [2.45, 2.75) is 6.61 Å². The summed E-state index contributed by atoms with van der Waals surface area (Å²) in [6.45, 7) is 0.292. The number of hydrogen-bond acceptors (Lipinski definition) is 3. The van der Waals surface area contributed by atoms with Crippen LogP contribution in [-0.2, 0) is 6.61 Å². The molecule has 0 saturated heterocycles. The predicted octanol–water partition coefficient (Wildman–Crippen LogP) is 4.01. The molecule has 0 bridgehead atoms. The topological polar surface area (TPSA) is 22.1 Å². The van der Waals surface area contributed by atoms with E-state index in [9.17, 15) is 4.39 Å². The first-order valence-electron chi connectivity index (χ1n) is 5.55. The zero-order valence-corrected chi connectivity index (χ0v) is 10.3. The Morgan fingerprint density at radius 3 is 2.67 bits per heavy atom. The molecule has 0 aliphatic carbocycles. The fourth-order valence-electron chi connectivity index (χ4n) is 1.68. The van der Waals surface area contributed by atoms with E-state index in [2.05, 4.69) is 4.98 Å². The number of ether oxygens (including phenoxy) is 1. The second-order valence-electron chi connectivity index (χ2n) is 3.79. The van der Waals surface area contributed by atoms with E-state index in [1.165, 1.54) is 6.07 Å². The zero-order valence-electron chi connectivity index (χ0n) is 9.47. The van der Waals surface area contributed by atoms with E-state index in [1.54, 1.807) is 29.5 Å². The van der Waals surface area contributed by atoms with Crippen molar-refractivity contribution in [3.8, 4) is 5.75 Å². The monoisotopic (exact) mass is 259 g/mol. The van der Waals surface area contributed by atoms with Crippen LogP contribution in [0.2, 0.25) is 0 Å². The minimum absolute atomic E-state index is 0.261. The summed E-state index contributed by atoms with van der Waals surface area (Å²) in [4.78, 5) is 4.43. The number of para-hydroxylation sites is 2. The second-order valence-corrected chi connectivity index (χ2v) is 4.91. The lowest BCUT2D eigenvalue weighted by Gasteiger charge is -2.04. The van der Waals surface area contributed by atoms with Crippen molar-refractivity contribution in [3.63, 3.8) is 0 Å². The zero-order chi connectivity index (χ0) is 12.4. The van der Waals surface area contributed by atoms with Crippen molar-refractivity contribution in [1.82, 2.24) is 4.98 Å². The van der Waals surface area contributed by atoms with Crippen LogP contribution in [-0.4, -0.2) is 4.98 Å². The Kier molecular flexibility index (Phi) is 2.94. The molecule has 2 aromatic carbocycles. The Balaban J connectivity index is 1.79. The predicted molar refractivity (Wildman–Crippen MR) is 70.4 cm³/mol. The van der Waals surface area contributed by atoms with Gasteiger partial charge in [-0.3, -0.25) is 0 Å². The Hall–Kier alpha value is -1.94. The highest BCUT2D eigenvalue weighted by Crippen LogP contribution is 2.23. The Morgan fingerprint density at radius 1 is 1.06 bits per heavy atom. The molecule has 18 heavy (non-hydrogen) atoms. The molecule has 0 fully saturated rings. The number of rotatable bonds is 3. The van der Waals surface area contributed by atoms with E-state index in [-0.39, 0.29) is 11.6 Å². The Labute approximate surface area is 108 Å². The van der Waals surface area contributed by atoms with Gasteiger partial charge in [-0.05, 0) is 24.3 Å². The summed E-state index contributed by atoms with van der Waals surface area (Å²) in [7, 11) is 0. The minimum atomic E-state index is -0.349. The van der Waals surface area contributed by atoms with Gasteiger partial charge in [-0.2, -0.15) is 0 Å². The molecule has 0 atom stereocenters. The van der Waals surface area contributed by atoms with Crippen LogP contribution in [0.5, 0.6) is 5.75 Å². The van der Waals surface area contributed by atoms with Crippen molar-refractivity contribution < 1.29 is 9.13 Å². The second kappa shape index (κ2) is 4.74. The number of nitrogens with zero attached hydrogens (tertiary/aromatic N) is 1. The van der Waals surface area contributed by atoms with Crippen molar-refractivity contribution in [2.24, 2.45) is 0 Å². The van der Waals surface area contributed by atoms with Crippen LogP contribution in [0.1, 0.15) is 5.01 Å². The number of hydrogen-bond donors (Lipinski definition) is 0. The summed E-state index contributed by atoms with van der Waals surface area (Å²) in [5.41, 5.74) is 0.953. The lowest BCUT2D eigenvalue weighted by atomic mass is 10.3. The molecule has 0 aliphatic heterocycles. The first kappa shape index (κ1) is 11.2. The molecule has 0 spiro atoms. The van der Waals surface area contributed by atoms with E-state index < -0.39 is 0 Å². The third-order valence-electron chi connectivity index (χ3n) is 2.53. The number of aromatic nitrogens is 1. The molecule has 90 valence electrons. The summed E-state index contributed by atoms with van der Waals surface area (Å²) >= 11 is 1.56. The van der Waals surface area contributed by atoms with E-state index in [1.807, 2.05) is 24.3 Å². The molecule has 1 heterocycles. The third kappa shape index (κ3) is 2.19. The first-order chi connectivity index (χ1) is 8.83. The summed E-state index contributed by atoms with van der Waals surface area (Å²) in [6, 6.07) is 14.3. The molecule has 0 N–H and O–H groups in total. The summed E-state index contributed by atoms with van der Waals surface area (Å²) < 4.78 is 19.9. The molecule has 3 rings (SSSR count). The molecule has 0 saturated carbocycles. The number of thiazole rings is 1. The highest BCUT2D eigenvalue weighted by Gasteiger charge is 2.06. The van der Waals surface area contributed by atoms with Crippen molar-refractivity contribution in [1.29, 1.82) is 0 Å². The van der Waals surface area contributed by atoms with Gasteiger partial charge in [0, 0.05) is 0 Å². The summed E-state index contributed by atoms with van der Waals surface area (Å²) in [5.74, 6) is -0.0876. The van der Waals surface area contributed by atoms with E-state index in [4.69, 9.17) is 4.74 Å². The van der Waals surface area contributed by atoms with Crippen LogP contribution in [0, 0.1) is 5.82 Å². The van der Waals surface area contributed by atoms with Crippen LogP contribution >= 0.6 is 11.3 Å². The number of fused-ring (bicyclic) bond motifs is 1. The molecular formula is C14H10FNOS. The fourth-order valence-corrected chi connectivity index (χ4v) is 2.56. The molecule has 3 aromatic rings. The largest absolute Gasteiger partial charge is 0.483 e. The van der Waals surface area contributed by atoms with Gasteiger partial charge in [-0.15, -0.1) is 11.3 Å². The Bertz CT molecular complexity index is 647. The van der Waals surface area contributed by atoms with Crippen LogP contribution in [0.15, 0.2) is 48.5 Å². The highest BCUT2D eigenvalue weighted by molar-refractivity contribution is 7.18. The lowest BCUT2D eigenvalue weighted by molar-refractivity contribution is 0.290. The van der Waals surface area contributed by atoms with E-state index in [0.29, 0.717) is 6.61 Å². The van der Waals surface area contributed by atoms with Crippen molar-refractivity contribution in [3.05, 3.63) is 59.4 Å². The van der Waals surface area contributed by atoms with Crippen molar-refractivity contribution >= 4 is 21.6 Å². The quantitative estimate of drug-likeness (QED) is 0.709. The van der Waals surface area contributed by atoms with Crippen molar-refractivity contribution in [2.75, 3.05) is 0 Å². The van der Waals surface area contributed by atoms with Gasteiger partial charge in [0.05, 0.1) is 10.2 Å². The van der Waals surface area contributed by atoms with E-state index >= 15 is 0 Å². The maximum Gasteiger partial charge on any atom is 0.165 e. The van der Waals surface area contributed by atoms with Gasteiger partial charge in [0.15, 0.2) is 11.6 Å². The standard InChI is InChI=1S/C14H10FNOS/c15-10-5-1-3-7-12(10)17-9-14-16-11-6-2-4-8-13(11)18-14/h1-8H,9H2. The van der Waals surface area contributed by atoms with Crippen LogP contribution in [0.4, 0.5) is 4.39 Å². The van der Waals surface area contributed by atoms with Crippen LogP contribution in [0.3, 0.4) is 0 Å². The van der Waals surface area contributed by atoms with Crippen LogP contribution < -0.4 is 4.74 Å². The maximum absolute atomic E-state index is 13.4. The van der Waals surface area contributed by atoms with Crippen LogP contribution in [0.25, 0.3) is 10.2 Å². The lowest BCUT2D eigenvalue weighted by Crippen LogP contribution is -1.96. The molecule has 2 nitrogen and oxygen atoms in total. The van der Waals surface area contributed by atoms with Gasteiger partial charge in [-0.1, -0.05) is 24.3 Å². The molecule has 0 amide bonds. The molecule has 0 aliphatic rings. The van der Waals surface area contributed by atoms with Gasteiger partial charge >= 0.3 is 0 Å². The van der Waals surface area contributed by atoms with Gasteiger partial charge in [0.25, 0.3) is 0 Å². The average molecular weight is 259 g/mol. The number of benzene rings is 2. The summed E-state index contributed by atoms with van der Waals surface area (Å²) in [6.07, 6.45) is 0. The maximum atomic E-state index is 13.4. The first-order valence-corrected chi connectivity index (χ1v) is 6.36. The van der Waals surface area contributed by atoms with Gasteiger partial charge in [-0.25, -0.2) is 9.37 Å². The van der Waals surface area contributed by atoms with E-state index in [0.717, 1.165) is 15.2 Å². The van der Waals surface area contributed by atoms with Gasteiger partial charge in [0.2, 0.25) is 0 Å². The molecule has 1 aromatic heterocycles. The molecule has 0 unspecified atom stereocenters. The summed E-state index contributed by atoms with van der Waals surface area (Å²) in [5, 5.41) is 0.847. The smallest absolute Gasteiger partial charge is 0.165 e. The van der Waals surface area contributed by atoms with Gasteiger partial charge < -0.3 is 4.74 Å². The molecule has 4 heteroatoms. The molecule has 0 radical (unpaired) electrons. The molecular weight excluding hydrogens is 249 g/mol. The van der Waals surface area contributed by atoms with Gasteiger partial charge in [0.1, 0.15) is 11.6 Å². The SMILES string of the molecule is Fc1ccccc1OCc1nc2ccccc2s1. The fraction of sp³-hybridized carbons (Fsp3) is 0.0714. The average Bonchev–Trinajstić information content (AvgIpc) is 2.80. The Morgan fingerprint density at radius 2 is 1.83 bits per heavy atom. The minimum Gasteiger partial charge on any atom is -0.483 e. The number of halogens is 1. The third-order valence-corrected chi connectivity index (χ3v) is 3.54. The highest BCUT2D eigenvalue weighted by atomic mass is 32.1. The normalized spacial score (nSPS) is 10.7.